The molecule has 3 rings (SSSR count). The molecule has 0 saturated carbocycles. The maximum absolute atomic E-state index is 11.3. The van der Waals surface area contributed by atoms with Gasteiger partial charge in [0.2, 0.25) is 0 Å². The zero-order chi connectivity index (χ0) is 13.9. The van der Waals surface area contributed by atoms with Crippen LogP contribution in [0.1, 0.15) is 0 Å². The highest BCUT2D eigenvalue weighted by atomic mass is 32.1. The number of hydrogen-bond donors (Lipinski definition) is 1. The van der Waals surface area contributed by atoms with Crippen LogP contribution in [0.3, 0.4) is 0 Å². The molecular weight excluding hydrogens is 276 g/mol. The zero-order valence-electron chi connectivity index (χ0n) is 10.7. The van der Waals surface area contributed by atoms with Gasteiger partial charge in [0.25, 0.3) is 0 Å². The van der Waals surface area contributed by atoms with E-state index in [-0.39, 0.29) is 6.61 Å². The molecule has 0 radical (unpaired) electrons. The summed E-state index contributed by atoms with van der Waals surface area (Å²) >= 11 is 1.47. The van der Waals surface area contributed by atoms with E-state index in [1.807, 2.05) is 40.6 Å². The van der Waals surface area contributed by atoms with Gasteiger partial charge in [0, 0.05) is 17.5 Å². The number of benzene rings is 1. The Bertz CT molecular complexity index is 599. The third-order valence-corrected chi connectivity index (χ3v) is 4.10. The minimum Gasteiger partial charge on any atom is -0.480 e. The number of anilines is 1. The molecule has 1 atom stereocenters. The molecule has 6 heteroatoms. The van der Waals surface area contributed by atoms with Crippen molar-refractivity contribution in [1.82, 2.24) is 4.98 Å². The summed E-state index contributed by atoms with van der Waals surface area (Å²) in [4.78, 5) is 17.6. The third kappa shape index (κ3) is 2.52. The van der Waals surface area contributed by atoms with E-state index in [2.05, 4.69) is 4.98 Å². The molecule has 2 aromatic rings. The topological polar surface area (TPSA) is 62.7 Å². The minimum absolute atomic E-state index is 0.204. The van der Waals surface area contributed by atoms with E-state index in [0.29, 0.717) is 13.2 Å². The van der Waals surface area contributed by atoms with Crippen LogP contribution >= 0.6 is 11.3 Å². The summed E-state index contributed by atoms with van der Waals surface area (Å²) in [6, 6.07) is 9.21. The monoisotopic (exact) mass is 290 g/mol. The second kappa shape index (κ2) is 5.60. The van der Waals surface area contributed by atoms with Crippen LogP contribution in [0.25, 0.3) is 11.3 Å². The van der Waals surface area contributed by atoms with Gasteiger partial charge in [0.1, 0.15) is 0 Å². The molecule has 1 aromatic heterocycles. The van der Waals surface area contributed by atoms with Crippen molar-refractivity contribution >= 4 is 22.4 Å². The lowest BCUT2D eigenvalue weighted by Crippen LogP contribution is -2.50. The second-order valence-electron chi connectivity index (χ2n) is 4.50. The fraction of sp³-hybridized carbons (Fsp3) is 0.286. The molecule has 20 heavy (non-hydrogen) atoms. The summed E-state index contributed by atoms with van der Waals surface area (Å²) in [7, 11) is 0. The van der Waals surface area contributed by atoms with Gasteiger partial charge in [0.15, 0.2) is 11.2 Å². The first kappa shape index (κ1) is 13.1. The molecule has 0 aliphatic carbocycles. The van der Waals surface area contributed by atoms with Crippen LogP contribution in [0.5, 0.6) is 0 Å². The normalized spacial score (nSPS) is 19.0. The fourth-order valence-electron chi connectivity index (χ4n) is 2.17. The van der Waals surface area contributed by atoms with Crippen LogP contribution in [0, 0.1) is 0 Å². The number of aliphatic carboxylic acids is 1. The Kier molecular flexibility index (Phi) is 3.66. The molecule has 5 nitrogen and oxygen atoms in total. The number of hydrogen-bond acceptors (Lipinski definition) is 5. The summed E-state index contributed by atoms with van der Waals surface area (Å²) in [5.41, 5.74) is 1.91. The zero-order valence-corrected chi connectivity index (χ0v) is 11.5. The van der Waals surface area contributed by atoms with E-state index in [1.54, 1.807) is 0 Å². The standard InChI is InChI=1S/C14H14N2O3S/c17-13(18)12-8-19-7-6-16(12)14-15-11(9-20-14)10-4-2-1-3-5-10/h1-5,9,12H,6-8H2,(H,17,18). The highest BCUT2D eigenvalue weighted by Gasteiger charge is 2.31. The molecule has 104 valence electrons. The van der Waals surface area contributed by atoms with Crippen molar-refractivity contribution in [3.8, 4) is 11.3 Å². The van der Waals surface area contributed by atoms with Crippen molar-refractivity contribution in [2.24, 2.45) is 0 Å². The summed E-state index contributed by atoms with van der Waals surface area (Å²) < 4.78 is 5.24. The largest absolute Gasteiger partial charge is 0.480 e. The van der Waals surface area contributed by atoms with Crippen LogP contribution < -0.4 is 4.90 Å². The smallest absolute Gasteiger partial charge is 0.328 e. The summed E-state index contributed by atoms with van der Waals surface area (Å²) in [6.45, 7) is 1.29. The second-order valence-corrected chi connectivity index (χ2v) is 5.34. The highest BCUT2D eigenvalue weighted by molar-refractivity contribution is 7.14. The van der Waals surface area contributed by atoms with Crippen molar-refractivity contribution < 1.29 is 14.6 Å². The van der Waals surface area contributed by atoms with Gasteiger partial charge in [-0.25, -0.2) is 9.78 Å². The summed E-state index contributed by atoms with van der Waals surface area (Å²) in [5.74, 6) is -0.874. The van der Waals surface area contributed by atoms with Crippen molar-refractivity contribution in [1.29, 1.82) is 0 Å². The summed E-state index contributed by atoms with van der Waals surface area (Å²) in [5, 5.41) is 11.9. The Morgan fingerprint density at radius 1 is 1.40 bits per heavy atom. The molecule has 0 spiro atoms. The van der Waals surface area contributed by atoms with Crippen LogP contribution in [0.15, 0.2) is 35.7 Å². The van der Waals surface area contributed by atoms with Crippen molar-refractivity contribution in [2.75, 3.05) is 24.7 Å². The molecule has 1 aliphatic heterocycles. The van der Waals surface area contributed by atoms with Crippen molar-refractivity contribution in [2.45, 2.75) is 6.04 Å². The van der Waals surface area contributed by atoms with Gasteiger partial charge in [0.05, 0.1) is 18.9 Å². The van der Waals surface area contributed by atoms with Gasteiger partial charge in [-0.15, -0.1) is 11.3 Å². The molecule has 1 fully saturated rings. The van der Waals surface area contributed by atoms with E-state index < -0.39 is 12.0 Å². The highest BCUT2D eigenvalue weighted by Crippen LogP contribution is 2.29. The van der Waals surface area contributed by atoms with Crippen LogP contribution in [0.4, 0.5) is 5.13 Å². The molecule has 1 N–H and O–H groups in total. The van der Waals surface area contributed by atoms with Gasteiger partial charge in [-0.2, -0.15) is 0 Å². The minimum atomic E-state index is -0.874. The Morgan fingerprint density at radius 2 is 2.20 bits per heavy atom. The lowest BCUT2D eigenvalue weighted by Gasteiger charge is -2.32. The lowest BCUT2D eigenvalue weighted by atomic mass is 10.2. The van der Waals surface area contributed by atoms with Crippen molar-refractivity contribution in [3.63, 3.8) is 0 Å². The Morgan fingerprint density at radius 3 is 2.95 bits per heavy atom. The van der Waals surface area contributed by atoms with E-state index in [1.165, 1.54) is 11.3 Å². The van der Waals surface area contributed by atoms with Crippen LogP contribution in [-0.2, 0) is 9.53 Å². The predicted molar refractivity (Wildman–Crippen MR) is 77.1 cm³/mol. The van der Waals surface area contributed by atoms with Gasteiger partial charge >= 0.3 is 5.97 Å². The molecule has 2 heterocycles. The lowest BCUT2D eigenvalue weighted by molar-refractivity contribution is -0.141. The Hall–Kier alpha value is -1.92. The van der Waals surface area contributed by atoms with E-state index in [4.69, 9.17) is 4.74 Å². The first-order chi connectivity index (χ1) is 9.75. The van der Waals surface area contributed by atoms with Gasteiger partial charge in [-0.05, 0) is 0 Å². The molecule has 1 aromatic carbocycles. The average Bonchev–Trinajstić information content (AvgIpc) is 2.98. The maximum Gasteiger partial charge on any atom is 0.328 e. The van der Waals surface area contributed by atoms with E-state index in [9.17, 15) is 9.90 Å². The van der Waals surface area contributed by atoms with Gasteiger partial charge in [-0.3, -0.25) is 0 Å². The number of morpholine rings is 1. The third-order valence-electron chi connectivity index (χ3n) is 3.22. The van der Waals surface area contributed by atoms with Crippen molar-refractivity contribution in [3.05, 3.63) is 35.7 Å². The summed E-state index contributed by atoms with van der Waals surface area (Å²) in [6.07, 6.45) is 0. The molecule has 0 amide bonds. The SMILES string of the molecule is O=C(O)C1COCCN1c1nc(-c2ccccc2)cs1. The first-order valence-electron chi connectivity index (χ1n) is 6.34. The maximum atomic E-state index is 11.3. The number of nitrogens with zero attached hydrogens (tertiary/aromatic N) is 2. The Balaban J connectivity index is 1.87. The number of ether oxygens (including phenoxy) is 1. The number of carboxylic acids is 1. The van der Waals surface area contributed by atoms with E-state index >= 15 is 0 Å². The molecule has 0 bridgehead atoms. The molecule has 1 saturated heterocycles. The van der Waals surface area contributed by atoms with Gasteiger partial charge < -0.3 is 14.7 Å². The Labute approximate surface area is 120 Å². The van der Waals surface area contributed by atoms with E-state index in [0.717, 1.165) is 16.4 Å². The molecular formula is C14H14N2O3S. The number of carboxylic acid groups (broad SMARTS) is 1. The quantitative estimate of drug-likeness (QED) is 0.938. The number of carbonyl (C=O) groups is 1. The number of thiazole rings is 1. The molecule has 1 aliphatic rings. The number of rotatable bonds is 3. The number of aromatic nitrogens is 1. The predicted octanol–water partition coefficient (Wildman–Crippen LogP) is 2.10. The van der Waals surface area contributed by atoms with Crippen LogP contribution in [0.2, 0.25) is 0 Å². The first-order valence-corrected chi connectivity index (χ1v) is 7.22. The average molecular weight is 290 g/mol. The van der Waals surface area contributed by atoms with Crippen LogP contribution in [-0.4, -0.2) is 41.9 Å². The molecule has 1 unspecified atom stereocenters. The fourth-order valence-corrected chi connectivity index (χ4v) is 3.09. The van der Waals surface area contributed by atoms with Gasteiger partial charge in [-0.1, -0.05) is 30.3 Å².